The number of fused-ring (bicyclic) bond motifs is 1. The average molecular weight is 472 g/mol. The average Bonchev–Trinajstić information content (AvgIpc) is 3.11. The van der Waals surface area contributed by atoms with Crippen molar-refractivity contribution in [3.05, 3.63) is 56.7 Å². The summed E-state index contributed by atoms with van der Waals surface area (Å²) >= 11 is 2.91. The van der Waals surface area contributed by atoms with Crippen molar-refractivity contribution >= 4 is 39.2 Å². The van der Waals surface area contributed by atoms with Crippen LogP contribution in [0.3, 0.4) is 0 Å². The first-order valence-electron chi connectivity index (χ1n) is 11.0. The quantitative estimate of drug-likeness (QED) is 0.373. The fourth-order valence-electron chi connectivity index (χ4n) is 4.05. The van der Waals surface area contributed by atoms with Crippen molar-refractivity contribution in [1.82, 2.24) is 14.5 Å². The maximum atomic E-state index is 13.6. The number of piperidine rings is 1. The Morgan fingerprint density at radius 1 is 1.19 bits per heavy atom. The van der Waals surface area contributed by atoms with E-state index in [4.69, 9.17) is 9.72 Å². The summed E-state index contributed by atoms with van der Waals surface area (Å²) in [7, 11) is 1.62. The molecule has 1 aliphatic heterocycles. The van der Waals surface area contributed by atoms with Crippen molar-refractivity contribution in [2.45, 2.75) is 50.1 Å². The van der Waals surface area contributed by atoms with Gasteiger partial charge in [0.05, 0.1) is 18.5 Å². The van der Waals surface area contributed by atoms with Gasteiger partial charge < -0.3 is 9.64 Å². The van der Waals surface area contributed by atoms with Crippen molar-refractivity contribution in [2.75, 3.05) is 26.8 Å². The van der Waals surface area contributed by atoms with Crippen LogP contribution in [0.5, 0.6) is 0 Å². The van der Waals surface area contributed by atoms with Crippen LogP contribution in [0.4, 0.5) is 0 Å². The van der Waals surface area contributed by atoms with Crippen molar-refractivity contribution < 1.29 is 9.53 Å². The molecule has 0 bridgehead atoms. The predicted octanol–water partition coefficient (Wildman–Crippen LogP) is 4.57. The van der Waals surface area contributed by atoms with Crippen LogP contribution in [0.25, 0.3) is 10.2 Å². The Balaban J connectivity index is 1.79. The number of carbonyl (C=O) groups excluding carboxylic acids is 1. The molecule has 4 rings (SSSR count). The number of benzene rings is 1. The lowest BCUT2D eigenvalue weighted by atomic mass is 10.1. The third-order valence-electron chi connectivity index (χ3n) is 5.99. The van der Waals surface area contributed by atoms with Gasteiger partial charge >= 0.3 is 0 Å². The molecular formula is C24H29N3O3S2. The van der Waals surface area contributed by atoms with Crippen LogP contribution in [0.2, 0.25) is 0 Å². The number of amides is 1. The molecule has 32 heavy (non-hydrogen) atoms. The summed E-state index contributed by atoms with van der Waals surface area (Å²) in [6, 6.07) is 9.82. The van der Waals surface area contributed by atoms with Gasteiger partial charge in [-0.1, -0.05) is 42.1 Å². The van der Waals surface area contributed by atoms with Gasteiger partial charge in [-0.15, -0.1) is 11.3 Å². The van der Waals surface area contributed by atoms with Gasteiger partial charge in [-0.25, -0.2) is 4.98 Å². The molecule has 1 aromatic carbocycles. The molecule has 8 heteroatoms. The van der Waals surface area contributed by atoms with Gasteiger partial charge in [-0.2, -0.15) is 0 Å². The van der Waals surface area contributed by atoms with E-state index in [9.17, 15) is 9.59 Å². The molecule has 0 radical (unpaired) electrons. The third kappa shape index (κ3) is 4.63. The molecule has 1 saturated heterocycles. The highest BCUT2D eigenvalue weighted by atomic mass is 32.2. The predicted molar refractivity (Wildman–Crippen MR) is 131 cm³/mol. The van der Waals surface area contributed by atoms with Gasteiger partial charge in [0.25, 0.3) is 5.56 Å². The summed E-state index contributed by atoms with van der Waals surface area (Å²) < 4.78 is 6.94. The molecule has 170 valence electrons. The number of hydrogen-bond acceptors (Lipinski definition) is 6. The lowest BCUT2D eigenvalue weighted by Crippen LogP contribution is -2.38. The summed E-state index contributed by atoms with van der Waals surface area (Å²) in [6.07, 6.45) is 3.24. The Kier molecular flexibility index (Phi) is 7.33. The smallest absolute Gasteiger partial charge is 0.263 e. The second kappa shape index (κ2) is 10.2. The molecule has 1 unspecified atom stereocenters. The van der Waals surface area contributed by atoms with E-state index in [2.05, 4.69) is 0 Å². The minimum atomic E-state index is -0.449. The Labute approximate surface area is 196 Å². The van der Waals surface area contributed by atoms with Crippen molar-refractivity contribution in [3.8, 4) is 0 Å². The Hall–Kier alpha value is -2.16. The number of rotatable bonds is 7. The van der Waals surface area contributed by atoms with Crippen LogP contribution < -0.4 is 5.56 Å². The van der Waals surface area contributed by atoms with Crippen LogP contribution in [-0.2, 0) is 16.1 Å². The van der Waals surface area contributed by atoms with Crippen molar-refractivity contribution in [3.63, 3.8) is 0 Å². The summed E-state index contributed by atoms with van der Waals surface area (Å²) in [5.41, 5.74) is 1.85. The van der Waals surface area contributed by atoms with Gasteiger partial charge in [0.2, 0.25) is 5.91 Å². The topological polar surface area (TPSA) is 64.4 Å². The van der Waals surface area contributed by atoms with Crippen LogP contribution in [0.1, 0.15) is 40.5 Å². The number of aromatic nitrogens is 2. The first-order chi connectivity index (χ1) is 15.5. The SMILES string of the molecule is COCCn1c(SC(C(=O)N2CCCCC2)c2ccccc2)nc2sc(C)c(C)c2c1=O. The number of nitrogens with zero attached hydrogens (tertiary/aromatic N) is 3. The molecule has 6 nitrogen and oxygen atoms in total. The van der Waals surface area contributed by atoms with E-state index in [1.165, 1.54) is 29.5 Å². The summed E-state index contributed by atoms with van der Waals surface area (Å²) in [6.45, 7) is 6.36. The fraction of sp³-hybridized carbons (Fsp3) is 0.458. The van der Waals surface area contributed by atoms with E-state index in [-0.39, 0.29) is 11.5 Å². The maximum absolute atomic E-state index is 13.6. The van der Waals surface area contributed by atoms with Crippen molar-refractivity contribution in [1.29, 1.82) is 0 Å². The standard InChI is InChI=1S/C24H29N3O3S2/c1-16-17(2)31-21-19(16)22(28)27(14-15-30-3)24(25-21)32-20(18-10-6-4-7-11-18)23(29)26-12-8-5-9-13-26/h4,6-7,10-11,20H,5,8-9,12-15H2,1-3H3. The van der Waals surface area contributed by atoms with E-state index < -0.39 is 5.25 Å². The van der Waals surface area contributed by atoms with E-state index >= 15 is 0 Å². The summed E-state index contributed by atoms with van der Waals surface area (Å²) in [5, 5.41) is 0.793. The lowest BCUT2D eigenvalue weighted by Gasteiger charge is -2.30. The molecule has 1 amide bonds. The zero-order valence-electron chi connectivity index (χ0n) is 18.8. The molecular weight excluding hydrogens is 442 g/mol. The van der Waals surface area contributed by atoms with Crippen LogP contribution in [0.15, 0.2) is 40.3 Å². The van der Waals surface area contributed by atoms with Crippen LogP contribution >= 0.6 is 23.1 Å². The number of hydrogen-bond donors (Lipinski definition) is 0. The Morgan fingerprint density at radius 3 is 2.59 bits per heavy atom. The number of carbonyl (C=O) groups is 1. The number of thiophene rings is 1. The van der Waals surface area contributed by atoms with E-state index in [1.54, 1.807) is 11.7 Å². The summed E-state index contributed by atoms with van der Waals surface area (Å²) in [5.74, 6) is 0.0899. The second-order valence-electron chi connectivity index (χ2n) is 8.10. The Bertz CT molecular complexity index is 1150. The van der Waals surface area contributed by atoms with Gasteiger partial charge in [0, 0.05) is 25.1 Å². The molecule has 2 aromatic heterocycles. The van der Waals surface area contributed by atoms with Gasteiger partial charge in [0.1, 0.15) is 10.1 Å². The van der Waals surface area contributed by atoms with Crippen molar-refractivity contribution in [2.24, 2.45) is 0 Å². The maximum Gasteiger partial charge on any atom is 0.263 e. The molecule has 3 aromatic rings. The molecule has 0 N–H and O–H groups in total. The molecule has 1 fully saturated rings. The van der Waals surface area contributed by atoms with Gasteiger partial charge in [-0.3, -0.25) is 14.2 Å². The van der Waals surface area contributed by atoms with Crippen LogP contribution in [0, 0.1) is 13.8 Å². The molecule has 0 saturated carbocycles. The zero-order valence-corrected chi connectivity index (χ0v) is 20.4. The number of aryl methyl sites for hydroxylation is 2. The first kappa shape index (κ1) is 23.0. The highest BCUT2D eigenvalue weighted by Gasteiger charge is 2.30. The normalized spacial score (nSPS) is 15.3. The molecule has 0 aliphatic carbocycles. The highest BCUT2D eigenvalue weighted by Crippen LogP contribution is 2.37. The number of ether oxygens (including phenoxy) is 1. The minimum absolute atomic E-state index is 0.0615. The van der Waals surface area contributed by atoms with E-state index in [0.717, 1.165) is 46.8 Å². The summed E-state index contributed by atoms with van der Waals surface area (Å²) in [4.78, 5) is 35.7. The largest absolute Gasteiger partial charge is 0.383 e. The monoisotopic (exact) mass is 471 g/mol. The number of methoxy groups -OCH3 is 1. The minimum Gasteiger partial charge on any atom is -0.383 e. The van der Waals surface area contributed by atoms with E-state index in [0.29, 0.717) is 23.7 Å². The molecule has 3 heterocycles. The molecule has 0 spiro atoms. The van der Waals surface area contributed by atoms with E-state index in [1.807, 2.05) is 49.1 Å². The first-order valence-corrected chi connectivity index (χ1v) is 12.7. The van der Waals surface area contributed by atoms with Gasteiger partial charge in [0.15, 0.2) is 5.16 Å². The van der Waals surface area contributed by atoms with Gasteiger partial charge in [-0.05, 0) is 44.2 Å². The number of thioether (sulfide) groups is 1. The third-order valence-corrected chi connectivity index (χ3v) is 8.32. The fourth-order valence-corrected chi connectivity index (χ4v) is 6.33. The highest BCUT2D eigenvalue weighted by molar-refractivity contribution is 8.00. The second-order valence-corrected chi connectivity index (χ2v) is 10.4. The molecule has 1 atom stereocenters. The molecule has 1 aliphatic rings. The number of likely N-dealkylation sites (tertiary alicyclic amines) is 1. The van der Waals surface area contributed by atoms with Crippen LogP contribution in [-0.4, -0.2) is 47.2 Å². The zero-order chi connectivity index (χ0) is 22.7. The Morgan fingerprint density at radius 2 is 1.91 bits per heavy atom. The lowest BCUT2D eigenvalue weighted by molar-refractivity contribution is -0.131.